The Morgan fingerprint density at radius 2 is 2.19 bits per heavy atom. The van der Waals surface area contributed by atoms with Crippen LogP contribution in [0.15, 0.2) is 16.7 Å². The highest BCUT2D eigenvalue weighted by molar-refractivity contribution is 5.21. The minimum absolute atomic E-state index is 0.218. The Hall–Kier alpha value is -0.800. The van der Waals surface area contributed by atoms with Crippen molar-refractivity contribution in [1.82, 2.24) is 5.43 Å². The summed E-state index contributed by atoms with van der Waals surface area (Å²) in [5.41, 5.74) is 4.12. The van der Waals surface area contributed by atoms with Gasteiger partial charge in [0.1, 0.15) is 5.76 Å². The first kappa shape index (κ1) is 13.3. The Morgan fingerprint density at radius 1 is 1.44 bits per heavy atom. The van der Waals surface area contributed by atoms with Gasteiger partial charge in [0.2, 0.25) is 0 Å². The summed E-state index contributed by atoms with van der Waals surface area (Å²) in [5.74, 6) is 7.37. The molecule has 3 nitrogen and oxygen atoms in total. The van der Waals surface area contributed by atoms with Crippen LogP contribution in [0, 0.1) is 5.92 Å². The predicted molar refractivity (Wildman–Crippen MR) is 66.8 cm³/mol. The molecular weight excluding hydrogens is 200 g/mol. The molecule has 1 rings (SSSR count). The maximum Gasteiger partial charge on any atom is 0.108 e. The van der Waals surface area contributed by atoms with Crippen LogP contribution < -0.4 is 11.3 Å². The first-order valence-electron chi connectivity index (χ1n) is 6.25. The smallest absolute Gasteiger partial charge is 0.108 e. The molecule has 0 bridgehead atoms. The number of nitrogens with two attached hydrogens (primary N) is 1. The first-order valence-corrected chi connectivity index (χ1v) is 6.25. The molecule has 1 aromatic heterocycles. The lowest BCUT2D eigenvalue weighted by Gasteiger charge is -2.20. The molecule has 0 aromatic carbocycles. The van der Waals surface area contributed by atoms with Gasteiger partial charge in [0, 0.05) is 18.0 Å². The zero-order valence-corrected chi connectivity index (χ0v) is 10.6. The second kappa shape index (κ2) is 6.71. The van der Waals surface area contributed by atoms with E-state index in [9.17, 15) is 0 Å². The fourth-order valence-electron chi connectivity index (χ4n) is 2.25. The minimum atomic E-state index is 0.218. The van der Waals surface area contributed by atoms with Crippen LogP contribution in [0.1, 0.15) is 57.4 Å². The molecule has 1 heterocycles. The van der Waals surface area contributed by atoms with E-state index in [2.05, 4.69) is 26.2 Å². The van der Waals surface area contributed by atoms with E-state index in [0.29, 0.717) is 5.92 Å². The maximum atomic E-state index is 5.64. The van der Waals surface area contributed by atoms with E-state index in [1.165, 1.54) is 18.4 Å². The highest BCUT2D eigenvalue weighted by atomic mass is 16.3. The van der Waals surface area contributed by atoms with Gasteiger partial charge in [-0.05, 0) is 18.4 Å². The third-order valence-corrected chi connectivity index (χ3v) is 3.10. The minimum Gasteiger partial charge on any atom is -0.469 e. The molecule has 3 N–H and O–H groups in total. The highest BCUT2D eigenvalue weighted by Crippen LogP contribution is 2.26. The Bertz CT molecular complexity index is 296. The van der Waals surface area contributed by atoms with Crippen molar-refractivity contribution in [2.45, 2.75) is 52.5 Å². The first-order chi connectivity index (χ1) is 7.72. The standard InChI is InChI=1S/C13H24N2O/c1-4-6-10(3)9-12(15-14)11-7-8-16-13(11)5-2/h7-8,10,12,15H,4-6,9,14H2,1-3H3. The summed E-state index contributed by atoms with van der Waals surface area (Å²) in [6.07, 6.45) is 6.21. The molecule has 2 atom stereocenters. The van der Waals surface area contributed by atoms with Gasteiger partial charge in [-0.3, -0.25) is 11.3 Å². The molecular formula is C13H24N2O. The Labute approximate surface area is 98.4 Å². The van der Waals surface area contributed by atoms with E-state index < -0.39 is 0 Å². The zero-order valence-electron chi connectivity index (χ0n) is 10.6. The lowest BCUT2D eigenvalue weighted by molar-refractivity contribution is 0.388. The Kier molecular flexibility index (Phi) is 5.56. The van der Waals surface area contributed by atoms with Gasteiger partial charge in [-0.15, -0.1) is 0 Å². The van der Waals surface area contributed by atoms with Crippen molar-refractivity contribution in [2.75, 3.05) is 0 Å². The van der Waals surface area contributed by atoms with Crippen molar-refractivity contribution in [3.05, 3.63) is 23.7 Å². The van der Waals surface area contributed by atoms with Gasteiger partial charge in [0.15, 0.2) is 0 Å². The lowest BCUT2D eigenvalue weighted by atomic mass is 9.93. The summed E-state index contributed by atoms with van der Waals surface area (Å²) in [6, 6.07) is 2.25. The molecule has 0 fully saturated rings. The van der Waals surface area contributed by atoms with Crippen LogP contribution in [0.3, 0.4) is 0 Å². The molecule has 1 aromatic rings. The number of rotatable bonds is 7. The Balaban J connectivity index is 2.66. The van der Waals surface area contributed by atoms with Crippen molar-refractivity contribution >= 4 is 0 Å². The maximum absolute atomic E-state index is 5.64. The Morgan fingerprint density at radius 3 is 2.75 bits per heavy atom. The van der Waals surface area contributed by atoms with E-state index >= 15 is 0 Å². The normalized spacial score (nSPS) is 15.0. The van der Waals surface area contributed by atoms with Crippen LogP contribution in [-0.4, -0.2) is 0 Å². The largest absolute Gasteiger partial charge is 0.469 e. The molecule has 0 aliphatic heterocycles. The average Bonchev–Trinajstić information content (AvgIpc) is 2.74. The summed E-state index contributed by atoms with van der Waals surface area (Å²) in [5, 5.41) is 0. The van der Waals surface area contributed by atoms with Gasteiger partial charge in [0.05, 0.1) is 6.26 Å². The number of hydrazine groups is 1. The molecule has 16 heavy (non-hydrogen) atoms. The molecule has 0 saturated heterocycles. The van der Waals surface area contributed by atoms with Gasteiger partial charge in [-0.1, -0.05) is 33.6 Å². The quantitative estimate of drug-likeness (QED) is 0.552. The summed E-state index contributed by atoms with van der Waals surface area (Å²) in [4.78, 5) is 0. The fraction of sp³-hybridized carbons (Fsp3) is 0.692. The van der Waals surface area contributed by atoms with Gasteiger partial charge < -0.3 is 4.42 Å². The van der Waals surface area contributed by atoms with Crippen LogP contribution in [0.2, 0.25) is 0 Å². The number of hydrogen-bond donors (Lipinski definition) is 2. The lowest BCUT2D eigenvalue weighted by Crippen LogP contribution is -2.29. The third-order valence-electron chi connectivity index (χ3n) is 3.10. The molecule has 2 unspecified atom stereocenters. The van der Waals surface area contributed by atoms with Crippen LogP contribution in [-0.2, 0) is 6.42 Å². The number of hydrogen-bond acceptors (Lipinski definition) is 3. The molecule has 0 aliphatic carbocycles. The van der Waals surface area contributed by atoms with Crippen LogP contribution in [0.5, 0.6) is 0 Å². The fourth-order valence-corrected chi connectivity index (χ4v) is 2.25. The van der Waals surface area contributed by atoms with Crippen LogP contribution in [0.25, 0.3) is 0 Å². The molecule has 92 valence electrons. The van der Waals surface area contributed by atoms with E-state index in [-0.39, 0.29) is 6.04 Å². The molecule has 0 spiro atoms. The monoisotopic (exact) mass is 224 g/mol. The van der Waals surface area contributed by atoms with Gasteiger partial charge in [-0.2, -0.15) is 0 Å². The SMILES string of the molecule is CCCC(C)CC(NN)c1ccoc1CC. The van der Waals surface area contributed by atoms with E-state index in [4.69, 9.17) is 10.3 Å². The molecule has 0 radical (unpaired) electrons. The van der Waals surface area contributed by atoms with E-state index in [1.807, 2.05) is 6.07 Å². The van der Waals surface area contributed by atoms with E-state index in [1.54, 1.807) is 6.26 Å². The van der Waals surface area contributed by atoms with E-state index in [0.717, 1.165) is 18.6 Å². The van der Waals surface area contributed by atoms with Crippen LogP contribution in [0.4, 0.5) is 0 Å². The molecule has 0 saturated carbocycles. The van der Waals surface area contributed by atoms with Crippen molar-refractivity contribution in [3.8, 4) is 0 Å². The van der Waals surface area contributed by atoms with Crippen molar-refractivity contribution < 1.29 is 4.42 Å². The number of furan rings is 1. The average molecular weight is 224 g/mol. The second-order valence-corrected chi connectivity index (χ2v) is 4.50. The topological polar surface area (TPSA) is 51.2 Å². The third kappa shape index (κ3) is 3.35. The number of nitrogens with one attached hydrogen (secondary N) is 1. The number of aryl methyl sites for hydroxylation is 1. The van der Waals surface area contributed by atoms with Crippen molar-refractivity contribution in [2.24, 2.45) is 11.8 Å². The molecule has 0 amide bonds. The van der Waals surface area contributed by atoms with Gasteiger partial charge in [-0.25, -0.2) is 0 Å². The summed E-state index contributed by atoms with van der Waals surface area (Å²) in [7, 11) is 0. The summed E-state index contributed by atoms with van der Waals surface area (Å²) >= 11 is 0. The van der Waals surface area contributed by atoms with Gasteiger partial charge in [0.25, 0.3) is 0 Å². The molecule has 0 aliphatic rings. The second-order valence-electron chi connectivity index (χ2n) is 4.50. The molecule has 3 heteroatoms. The predicted octanol–water partition coefficient (Wildman–Crippen LogP) is 3.17. The van der Waals surface area contributed by atoms with Crippen molar-refractivity contribution in [3.63, 3.8) is 0 Å². The zero-order chi connectivity index (χ0) is 12.0. The summed E-state index contributed by atoms with van der Waals surface area (Å²) < 4.78 is 5.44. The van der Waals surface area contributed by atoms with Crippen LogP contribution >= 0.6 is 0 Å². The van der Waals surface area contributed by atoms with Gasteiger partial charge >= 0.3 is 0 Å². The highest BCUT2D eigenvalue weighted by Gasteiger charge is 2.18. The summed E-state index contributed by atoms with van der Waals surface area (Å²) in [6.45, 7) is 6.60. The van der Waals surface area contributed by atoms with Crippen molar-refractivity contribution in [1.29, 1.82) is 0 Å².